The van der Waals surface area contributed by atoms with Crippen LogP contribution in [0.15, 0.2) is 16.6 Å². The third-order valence-electron chi connectivity index (χ3n) is 2.44. The van der Waals surface area contributed by atoms with E-state index in [9.17, 15) is 13.9 Å². The van der Waals surface area contributed by atoms with Crippen molar-refractivity contribution in [3.63, 3.8) is 0 Å². The van der Waals surface area contributed by atoms with Gasteiger partial charge in [-0.2, -0.15) is 0 Å². The average molecular weight is 294 g/mol. The highest BCUT2D eigenvalue weighted by Gasteiger charge is 2.23. The Morgan fingerprint density at radius 3 is 2.38 bits per heavy atom. The summed E-state index contributed by atoms with van der Waals surface area (Å²) in [6, 6.07) is 1.75. The topological polar surface area (TPSA) is 32.3 Å². The molecule has 0 spiro atoms. The maximum Gasteiger partial charge on any atom is 0.149 e. The Morgan fingerprint density at radius 2 is 1.88 bits per heavy atom. The van der Waals surface area contributed by atoms with Gasteiger partial charge in [-0.25, -0.2) is 8.78 Å². The van der Waals surface area contributed by atoms with E-state index >= 15 is 0 Å². The van der Waals surface area contributed by atoms with Gasteiger partial charge in [0.05, 0.1) is 21.8 Å². The largest absolute Gasteiger partial charge is 0.388 e. The number of hydrogen-bond donors (Lipinski definition) is 2. The molecule has 0 fully saturated rings. The molecule has 0 bridgehead atoms. The highest BCUT2D eigenvalue weighted by Crippen LogP contribution is 2.25. The molecule has 0 amide bonds. The van der Waals surface area contributed by atoms with Crippen LogP contribution in [0.5, 0.6) is 0 Å². The van der Waals surface area contributed by atoms with E-state index in [0.717, 1.165) is 6.07 Å². The van der Waals surface area contributed by atoms with E-state index in [-0.39, 0.29) is 16.2 Å². The lowest BCUT2D eigenvalue weighted by atomic mass is 10.0. The van der Waals surface area contributed by atoms with Gasteiger partial charge in [0.1, 0.15) is 11.6 Å². The first kappa shape index (κ1) is 13.4. The molecule has 0 aliphatic heterocycles. The molecule has 0 saturated heterocycles. The standard InChI is InChI=1S/C11H14BrF2NO/c1-6(11(2,3)16)15-10-4-7(12)8(13)5-9(10)14/h4-6,15-16H,1-3H3. The molecule has 0 aliphatic carbocycles. The van der Waals surface area contributed by atoms with Gasteiger partial charge in [-0.05, 0) is 42.8 Å². The third-order valence-corrected chi connectivity index (χ3v) is 3.05. The highest BCUT2D eigenvalue weighted by atomic mass is 79.9. The molecule has 1 aromatic carbocycles. The number of aliphatic hydroxyl groups is 1. The summed E-state index contributed by atoms with van der Waals surface area (Å²) >= 11 is 2.98. The van der Waals surface area contributed by atoms with Gasteiger partial charge < -0.3 is 10.4 Å². The molecule has 0 saturated carbocycles. The first-order valence-electron chi connectivity index (χ1n) is 4.85. The van der Waals surface area contributed by atoms with Crippen LogP contribution in [0.3, 0.4) is 0 Å². The second-order valence-electron chi connectivity index (χ2n) is 4.27. The van der Waals surface area contributed by atoms with E-state index in [1.807, 2.05) is 0 Å². The monoisotopic (exact) mass is 293 g/mol. The van der Waals surface area contributed by atoms with E-state index in [1.54, 1.807) is 20.8 Å². The zero-order valence-corrected chi connectivity index (χ0v) is 10.9. The number of rotatable bonds is 3. The molecular weight excluding hydrogens is 280 g/mol. The predicted octanol–water partition coefficient (Wildman–Crippen LogP) is 3.30. The molecule has 16 heavy (non-hydrogen) atoms. The normalized spacial score (nSPS) is 13.7. The van der Waals surface area contributed by atoms with Crippen LogP contribution in [-0.4, -0.2) is 16.7 Å². The molecule has 1 rings (SSSR count). The van der Waals surface area contributed by atoms with E-state index in [2.05, 4.69) is 21.2 Å². The SMILES string of the molecule is CC(Nc1cc(Br)c(F)cc1F)C(C)(C)O. The zero-order chi connectivity index (χ0) is 12.5. The molecule has 0 aromatic heterocycles. The highest BCUT2D eigenvalue weighted by molar-refractivity contribution is 9.10. The molecule has 1 atom stereocenters. The molecule has 5 heteroatoms. The first-order valence-corrected chi connectivity index (χ1v) is 5.64. The van der Waals surface area contributed by atoms with Crippen LogP contribution >= 0.6 is 15.9 Å². The summed E-state index contributed by atoms with van der Waals surface area (Å²) in [4.78, 5) is 0. The van der Waals surface area contributed by atoms with Crippen LogP contribution in [0.4, 0.5) is 14.5 Å². The van der Waals surface area contributed by atoms with Crippen molar-refractivity contribution in [2.75, 3.05) is 5.32 Å². The van der Waals surface area contributed by atoms with Crippen LogP contribution in [0.2, 0.25) is 0 Å². The Balaban J connectivity index is 2.94. The Labute approximate surface area is 102 Å². The van der Waals surface area contributed by atoms with Crippen LogP contribution in [0.25, 0.3) is 0 Å². The second kappa shape index (κ2) is 4.67. The van der Waals surface area contributed by atoms with Gasteiger partial charge >= 0.3 is 0 Å². The maximum absolute atomic E-state index is 13.4. The Morgan fingerprint density at radius 1 is 1.31 bits per heavy atom. The maximum atomic E-state index is 13.4. The van der Waals surface area contributed by atoms with E-state index in [1.165, 1.54) is 6.07 Å². The van der Waals surface area contributed by atoms with Crippen molar-refractivity contribution in [3.8, 4) is 0 Å². The number of nitrogens with one attached hydrogen (secondary N) is 1. The van der Waals surface area contributed by atoms with Crippen molar-refractivity contribution in [2.45, 2.75) is 32.4 Å². The summed E-state index contributed by atoms with van der Waals surface area (Å²) in [5.41, 5.74) is -0.837. The van der Waals surface area contributed by atoms with Gasteiger partial charge in [0.25, 0.3) is 0 Å². The summed E-state index contributed by atoms with van der Waals surface area (Å²) < 4.78 is 26.5. The Bertz CT molecular complexity index is 390. The van der Waals surface area contributed by atoms with Crippen LogP contribution in [0, 0.1) is 11.6 Å². The zero-order valence-electron chi connectivity index (χ0n) is 9.31. The summed E-state index contributed by atoms with van der Waals surface area (Å²) in [5.74, 6) is -1.34. The minimum atomic E-state index is -0.993. The van der Waals surface area contributed by atoms with E-state index in [0.29, 0.717) is 0 Å². The smallest absolute Gasteiger partial charge is 0.149 e. The van der Waals surface area contributed by atoms with E-state index in [4.69, 9.17) is 0 Å². The quantitative estimate of drug-likeness (QED) is 0.838. The first-order chi connectivity index (χ1) is 7.21. The molecular formula is C11H14BrF2NO. The lowest BCUT2D eigenvalue weighted by Gasteiger charge is -2.27. The summed E-state index contributed by atoms with van der Waals surface area (Å²) in [5, 5.41) is 12.5. The van der Waals surface area contributed by atoms with Gasteiger partial charge in [-0.15, -0.1) is 0 Å². The number of halogens is 3. The number of hydrogen-bond acceptors (Lipinski definition) is 2. The molecule has 1 unspecified atom stereocenters. The molecule has 0 heterocycles. The lowest BCUT2D eigenvalue weighted by Crippen LogP contribution is -2.39. The van der Waals surface area contributed by atoms with Crippen molar-refractivity contribution >= 4 is 21.6 Å². The molecule has 90 valence electrons. The van der Waals surface area contributed by atoms with E-state index < -0.39 is 17.2 Å². The fraction of sp³-hybridized carbons (Fsp3) is 0.455. The van der Waals surface area contributed by atoms with Gasteiger partial charge in [-0.1, -0.05) is 0 Å². The predicted molar refractivity (Wildman–Crippen MR) is 63.4 cm³/mol. The molecule has 2 nitrogen and oxygen atoms in total. The number of benzene rings is 1. The van der Waals surface area contributed by atoms with Crippen LogP contribution in [-0.2, 0) is 0 Å². The molecule has 1 aromatic rings. The molecule has 2 N–H and O–H groups in total. The van der Waals surface area contributed by atoms with Crippen LogP contribution in [0.1, 0.15) is 20.8 Å². The van der Waals surface area contributed by atoms with Crippen molar-refractivity contribution < 1.29 is 13.9 Å². The molecule has 0 radical (unpaired) electrons. The fourth-order valence-corrected chi connectivity index (χ4v) is 1.39. The fourth-order valence-electron chi connectivity index (χ4n) is 1.04. The van der Waals surface area contributed by atoms with Gasteiger partial charge in [0.2, 0.25) is 0 Å². The second-order valence-corrected chi connectivity index (χ2v) is 5.12. The average Bonchev–Trinajstić information content (AvgIpc) is 2.12. The summed E-state index contributed by atoms with van der Waals surface area (Å²) in [7, 11) is 0. The van der Waals surface area contributed by atoms with Crippen molar-refractivity contribution in [3.05, 3.63) is 28.2 Å². The van der Waals surface area contributed by atoms with Gasteiger partial charge in [0, 0.05) is 6.07 Å². The van der Waals surface area contributed by atoms with Crippen molar-refractivity contribution in [2.24, 2.45) is 0 Å². The van der Waals surface area contributed by atoms with Crippen LogP contribution < -0.4 is 5.32 Å². The van der Waals surface area contributed by atoms with Gasteiger partial charge in [0.15, 0.2) is 0 Å². The van der Waals surface area contributed by atoms with Gasteiger partial charge in [-0.3, -0.25) is 0 Å². The lowest BCUT2D eigenvalue weighted by molar-refractivity contribution is 0.0648. The third kappa shape index (κ3) is 3.15. The number of anilines is 1. The van der Waals surface area contributed by atoms with Crippen molar-refractivity contribution in [1.82, 2.24) is 0 Å². The summed E-state index contributed by atoms with van der Waals surface area (Å²) in [6.45, 7) is 4.94. The minimum Gasteiger partial charge on any atom is -0.388 e. The Hall–Kier alpha value is -0.680. The minimum absolute atomic E-state index is 0.155. The summed E-state index contributed by atoms with van der Waals surface area (Å²) in [6.07, 6.45) is 0. The van der Waals surface area contributed by atoms with Crippen molar-refractivity contribution in [1.29, 1.82) is 0 Å². The molecule has 0 aliphatic rings. The Kier molecular flexibility index (Phi) is 3.91.